The van der Waals surface area contributed by atoms with Gasteiger partial charge in [0.1, 0.15) is 5.82 Å². The van der Waals surface area contributed by atoms with E-state index in [4.69, 9.17) is 5.73 Å². The molecule has 2 rings (SSSR count). The Morgan fingerprint density at radius 1 is 1.35 bits per heavy atom. The highest BCUT2D eigenvalue weighted by Gasteiger charge is 2.17. The van der Waals surface area contributed by atoms with Crippen molar-refractivity contribution in [3.63, 3.8) is 0 Å². The molecule has 0 unspecified atom stereocenters. The second-order valence-corrected chi connectivity index (χ2v) is 6.22. The standard InChI is InChI=1S/C12H9BrFNOS/c1-6-9(5-11(13)17-6)12(16)8-3-2-7(14)4-10(8)15/h2-5H,15H2,1H3. The molecular weight excluding hydrogens is 305 g/mol. The van der Waals surface area contributed by atoms with E-state index < -0.39 is 5.82 Å². The first-order valence-corrected chi connectivity index (χ1v) is 6.45. The minimum absolute atomic E-state index is 0.164. The zero-order chi connectivity index (χ0) is 12.6. The lowest BCUT2D eigenvalue weighted by molar-refractivity contribution is 0.103. The summed E-state index contributed by atoms with van der Waals surface area (Å²) in [5.74, 6) is -0.621. The largest absolute Gasteiger partial charge is 0.398 e. The van der Waals surface area contributed by atoms with Crippen molar-refractivity contribution in [1.29, 1.82) is 0 Å². The van der Waals surface area contributed by atoms with Crippen LogP contribution in [0.2, 0.25) is 0 Å². The summed E-state index contributed by atoms with van der Waals surface area (Å²) < 4.78 is 13.8. The molecule has 1 aromatic carbocycles. The van der Waals surface area contributed by atoms with Crippen molar-refractivity contribution < 1.29 is 9.18 Å². The lowest BCUT2D eigenvalue weighted by Gasteiger charge is -2.04. The van der Waals surface area contributed by atoms with Gasteiger partial charge in [0.15, 0.2) is 5.78 Å². The van der Waals surface area contributed by atoms with E-state index in [0.717, 1.165) is 14.7 Å². The zero-order valence-electron chi connectivity index (χ0n) is 8.96. The highest BCUT2D eigenvalue weighted by atomic mass is 79.9. The average molecular weight is 314 g/mol. The van der Waals surface area contributed by atoms with Gasteiger partial charge in [-0.15, -0.1) is 11.3 Å². The van der Waals surface area contributed by atoms with E-state index in [0.29, 0.717) is 11.1 Å². The number of benzene rings is 1. The van der Waals surface area contributed by atoms with Crippen molar-refractivity contribution in [3.8, 4) is 0 Å². The number of thiophene rings is 1. The molecule has 5 heteroatoms. The lowest BCUT2D eigenvalue weighted by Crippen LogP contribution is -2.05. The van der Waals surface area contributed by atoms with Crippen LogP contribution in [0.1, 0.15) is 20.8 Å². The lowest BCUT2D eigenvalue weighted by atomic mass is 10.0. The highest BCUT2D eigenvalue weighted by Crippen LogP contribution is 2.29. The fourth-order valence-corrected chi connectivity index (χ4v) is 3.24. The Kier molecular flexibility index (Phi) is 3.31. The van der Waals surface area contributed by atoms with E-state index in [1.807, 2.05) is 6.92 Å². The van der Waals surface area contributed by atoms with Gasteiger partial charge in [-0.1, -0.05) is 0 Å². The number of nitrogen functional groups attached to an aromatic ring is 1. The summed E-state index contributed by atoms with van der Waals surface area (Å²) in [5, 5.41) is 0. The van der Waals surface area contributed by atoms with E-state index in [2.05, 4.69) is 15.9 Å². The van der Waals surface area contributed by atoms with E-state index in [1.54, 1.807) is 6.07 Å². The molecule has 0 amide bonds. The van der Waals surface area contributed by atoms with Crippen LogP contribution in [0, 0.1) is 12.7 Å². The molecule has 0 aliphatic rings. The average Bonchev–Trinajstić information content (AvgIpc) is 2.57. The predicted molar refractivity (Wildman–Crippen MR) is 71.0 cm³/mol. The molecule has 0 aliphatic carbocycles. The molecule has 17 heavy (non-hydrogen) atoms. The summed E-state index contributed by atoms with van der Waals surface area (Å²) in [6.07, 6.45) is 0. The van der Waals surface area contributed by atoms with E-state index in [1.165, 1.54) is 23.5 Å². The Labute approximate surface area is 110 Å². The Morgan fingerprint density at radius 2 is 2.06 bits per heavy atom. The summed E-state index contributed by atoms with van der Waals surface area (Å²) in [7, 11) is 0. The molecule has 0 saturated heterocycles. The molecule has 1 aromatic heterocycles. The SMILES string of the molecule is Cc1sc(Br)cc1C(=O)c1ccc(F)cc1N. The predicted octanol–water partition coefficient (Wildman–Crippen LogP) is 3.77. The Hall–Kier alpha value is -1.20. The van der Waals surface area contributed by atoms with Gasteiger partial charge in [-0.05, 0) is 47.1 Å². The number of halogens is 2. The summed E-state index contributed by atoms with van der Waals surface area (Å²) in [5.41, 5.74) is 6.74. The van der Waals surface area contributed by atoms with Crippen molar-refractivity contribution in [3.05, 3.63) is 49.9 Å². The normalized spacial score (nSPS) is 10.5. The number of anilines is 1. The van der Waals surface area contributed by atoms with Gasteiger partial charge < -0.3 is 5.73 Å². The minimum Gasteiger partial charge on any atom is -0.398 e. The molecule has 0 spiro atoms. The first kappa shape index (κ1) is 12.3. The van der Waals surface area contributed by atoms with Crippen LogP contribution in [0.3, 0.4) is 0 Å². The summed E-state index contributed by atoms with van der Waals surface area (Å²) >= 11 is 4.81. The molecular formula is C12H9BrFNOS. The third kappa shape index (κ3) is 2.40. The fourth-order valence-electron chi connectivity index (χ4n) is 1.56. The van der Waals surface area contributed by atoms with Crippen LogP contribution in [-0.4, -0.2) is 5.78 Å². The smallest absolute Gasteiger partial charge is 0.196 e. The Balaban J connectivity index is 2.47. The molecule has 2 nitrogen and oxygen atoms in total. The maximum atomic E-state index is 12.9. The molecule has 0 aliphatic heterocycles. The number of ketones is 1. The number of hydrogen-bond donors (Lipinski definition) is 1. The topological polar surface area (TPSA) is 43.1 Å². The van der Waals surface area contributed by atoms with Gasteiger partial charge in [-0.2, -0.15) is 0 Å². The van der Waals surface area contributed by atoms with Crippen molar-refractivity contribution >= 4 is 38.7 Å². The summed E-state index contributed by atoms with van der Waals surface area (Å²) in [6, 6.07) is 5.56. The molecule has 1 heterocycles. The second-order valence-electron chi connectivity index (χ2n) is 3.58. The van der Waals surface area contributed by atoms with Crippen LogP contribution >= 0.6 is 27.3 Å². The summed E-state index contributed by atoms with van der Waals surface area (Å²) in [6.45, 7) is 1.86. The molecule has 0 radical (unpaired) electrons. The molecule has 0 atom stereocenters. The fraction of sp³-hybridized carbons (Fsp3) is 0.0833. The van der Waals surface area contributed by atoms with Crippen LogP contribution in [0.5, 0.6) is 0 Å². The highest BCUT2D eigenvalue weighted by molar-refractivity contribution is 9.11. The zero-order valence-corrected chi connectivity index (χ0v) is 11.4. The van der Waals surface area contributed by atoms with Gasteiger partial charge in [0, 0.05) is 21.7 Å². The number of carbonyl (C=O) groups is 1. The molecule has 2 N–H and O–H groups in total. The number of rotatable bonds is 2. The first-order chi connectivity index (χ1) is 7.99. The first-order valence-electron chi connectivity index (χ1n) is 4.84. The third-order valence-corrected chi connectivity index (χ3v) is 3.94. The van der Waals surface area contributed by atoms with Gasteiger partial charge in [-0.25, -0.2) is 4.39 Å². The van der Waals surface area contributed by atoms with Gasteiger partial charge in [-0.3, -0.25) is 4.79 Å². The molecule has 2 aromatic rings. The van der Waals surface area contributed by atoms with Crippen LogP contribution in [0.25, 0.3) is 0 Å². The summed E-state index contributed by atoms with van der Waals surface area (Å²) in [4.78, 5) is 13.1. The third-order valence-electron chi connectivity index (χ3n) is 2.39. The van der Waals surface area contributed by atoms with Crippen LogP contribution < -0.4 is 5.73 Å². The monoisotopic (exact) mass is 313 g/mol. The van der Waals surface area contributed by atoms with Gasteiger partial charge >= 0.3 is 0 Å². The minimum atomic E-state index is -0.442. The number of nitrogens with two attached hydrogens (primary N) is 1. The van der Waals surface area contributed by atoms with Crippen LogP contribution in [-0.2, 0) is 0 Å². The van der Waals surface area contributed by atoms with E-state index in [-0.39, 0.29) is 11.5 Å². The van der Waals surface area contributed by atoms with Crippen LogP contribution in [0.4, 0.5) is 10.1 Å². The molecule has 0 fully saturated rings. The Bertz CT molecular complexity index is 594. The molecule has 0 bridgehead atoms. The number of carbonyl (C=O) groups excluding carboxylic acids is 1. The van der Waals surface area contributed by atoms with Crippen molar-refractivity contribution in [2.75, 3.05) is 5.73 Å². The van der Waals surface area contributed by atoms with E-state index >= 15 is 0 Å². The quantitative estimate of drug-likeness (QED) is 0.677. The maximum Gasteiger partial charge on any atom is 0.196 e. The van der Waals surface area contributed by atoms with Crippen molar-refractivity contribution in [2.24, 2.45) is 0 Å². The number of hydrogen-bond acceptors (Lipinski definition) is 3. The Morgan fingerprint density at radius 3 is 2.59 bits per heavy atom. The van der Waals surface area contributed by atoms with Crippen molar-refractivity contribution in [2.45, 2.75) is 6.92 Å². The van der Waals surface area contributed by atoms with Crippen molar-refractivity contribution in [1.82, 2.24) is 0 Å². The van der Waals surface area contributed by atoms with E-state index in [9.17, 15) is 9.18 Å². The van der Waals surface area contributed by atoms with Crippen LogP contribution in [0.15, 0.2) is 28.1 Å². The number of aryl methyl sites for hydroxylation is 1. The molecule has 88 valence electrons. The molecule has 0 saturated carbocycles. The second kappa shape index (κ2) is 4.58. The van der Waals surface area contributed by atoms with Gasteiger partial charge in [0.2, 0.25) is 0 Å². The van der Waals surface area contributed by atoms with Gasteiger partial charge in [0.05, 0.1) is 3.79 Å². The maximum absolute atomic E-state index is 12.9. The van der Waals surface area contributed by atoms with Gasteiger partial charge in [0.25, 0.3) is 0 Å².